The van der Waals surface area contributed by atoms with Gasteiger partial charge < -0.3 is 29.6 Å². The lowest BCUT2D eigenvalue weighted by Crippen LogP contribution is -2.56. The molecule has 0 bridgehead atoms. The minimum absolute atomic E-state index is 0.0852. The van der Waals surface area contributed by atoms with Crippen LogP contribution in [0.15, 0.2) is 41.8 Å². The van der Waals surface area contributed by atoms with E-state index in [1.165, 1.54) is 0 Å². The number of nitrogens with zero attached hydrogens (tertiary/aromatic N) is 3. The molecule has 2 aromatic rings. The number of aryl methyl sites for hydroxylation is 1. The summed E-state index contributed by atoms with van der Waals surface area (Å²) in [5.74, 6) is -0.449. The highest BCUT2D eigenvalue weighted by Crippen LogP contribution is 2.37. The van der Waals surface area contributed by atoms with Gasteiger partial charge in [-0.3, -0.25) is 4.98 Å². The summed E-state index contributed by atoms with van der Waals surface area (Å²) in [6, 6.07) is 6.91. The quantitative estimate of drug-likeness (QED) is 0.236. The molecule has 0 radical (unpaired) electrons. The molecule has 3 heterocycles. The number of amidine groups is 1. The normalized spacial score (nSPS) is 16.8. The number of carboxylic acids is 1. The van der Waals surface area contributed by atoms with Gasteiger partial charge in [0.25, 0.3) is 0 Å². The topological polar surface area (TPSA) is 125 Å². The molecule has 28 heavy (non-hydrogen) atoms. The maximum absolute atomic E-state index is 11.8. The molecule has 0 saturated carbocycles. The summed E-state index contributed by atoms with van der Waals surface area (Å²) in [6.07, 6.45) is 3.90. The minimum Gasteiger partial charge on any atom is -0.535 e. The smallest absolute Gasteiger partial charge is 0.522 e. The SMILES string of the molecule is O=C(O)c1c(OC2CN(/C(=N\O)c3cccnc3)C2)ccc2c1OB(O)CC2. The number of carbonyl (C=O) groups is 1. The van der Waals surface area contributed by atoms with Crippen LogP contribution in [0, 0.1) is 0 Å². The van der Waals surface area contributed by atoms with Crippen LogP contribution in [0.3, 0.4) is 0 Å². The number of hydrogen-bond donors (Lipinski definition) is 3. The number of likely N-dealkylation sites (tertiary alicyclic amines) is 1. The third kappa shape index (κ3) is 3.34. The Morgan fingerprint density at radius 3 is 2.86 bits per heavy atom. The summed E-state index contributed by atoms with van der Waals surface area (Å²) in [4.78, 5) is 17.6. The van der Waals surface area contributed by atoms with Gasteiger partial charge in [0.05, 0.1) is 13.1 Å². The third-order valence-electron chi connectivity index (χ3n) is 4.79. The third-order valence-corrected chi connectivity index (χ3v) is 4.79. The molecule has 0 amide bonds. The molecule has 0 atom stereocenters. The number of fused-ring (bicyclic) bond motifs is 1. The van der Waals surface area contributed by atoms with E-state index in [0.29, 0.717) is 37.2 Å². The Balaban J connectivity index is 1.49. The zero-order valence-corrected chi connectivity index (χ0v) is 14.9. The maximum Gasteiger partial charge on any atom is 0.522 e. The Morgan fingerprint density at radius 2 is 2.18 bits per heavy atom. The molecule has 1 aromatic carbocycles. The first-order chi connectivity index (χ1) is 13.6. The Hall–Kier alpha value is -3.27. The highest BCUT2D eigenvalue weighted by molar-refractivity contribution is 6.44. The van der Waals surface area contributed by atoms with E-state index in [1.807, 2.05) is 0 Å². The molecule has 1 saturated heterocycles. The van der Waals surface area contributed by atoms with Crippen molar-refractivity contribution < 1.29 is 29.5 Å². The van der Waals surface area contributed by atoms with E-state index in [9.17, 15) is 20.1 Å². The van der Waals surface area contributed by atoms with Crippen molar-refractivity contribution in [2.75, 3.05) is 13.1 Å². The molecule has 144 valence electrons. The minimum atomic E-state index is -1.18. The molecular weight excluding hydrogens is 365 g/mol. The number of hydrogen-bond acceptors (Lipinski definition) is 7. The number of benzene rings is 1. The fourth-order valence-corrected chi connectivity index (χ4v) is 3.38. The molecule has 0 spiro atoms. The van der Waals surface area contributed by atoms with Crippen molar-refractivity contribution in [1.29, 1.82) is 0 Å². The zero-order chi connectivity index (χ0) is 19.7. The van der Waals surface area contributed by atoms with E-state index in [-0.39, 0.29) is 23.2 Å². The van der Waals surface area contributed by atoms with Gasteiger partial charge in [0.15, 0.2) is 5.84 Å². The van der Waals surface area contributed by atoms with Crippen LogP contribution in [0.4, 0.5) is 0 Å². The molecule has 10 heteroatoms. The van der Waals surface area contributed by atoms with E-state index >= 15 is 0 Å². The van der Waals surface area contributed by atoms with Gasteiger partial charge in [-0.25, -0.2) is 4.79 Å². The summed E-state index contributed by atoms with van der Waals surface area (Å²) in [7, 11) is -1.03. The van der Waals surface area contributed by atoms with Gasteiger partial charge >= 0.3 is 13.1 Å². The molecule has 1 aromatic heterocycles. The van der Waals surface area contributed by atoms with Crippen LogP contribution in [0.2, 0.25) is 6.32 Å². The van der Waals surface area contributed by atoms with Crippen molar-refractivity contribution in [3.8, 4) is 11.5 Å². The first-order valence-corrected chi connectivity index (χ1v) is 8.84. The standard InChI is InChI=1S/C18H18BN3O6/c23-18(24)15-14(4-3-11-5-6-19(25)28-16(11)15)27-13-9-22(10-13)17(21-26)12-2-1-7-20-8-12/h1-4,7-8,13,25-26H,5-6,9-10H2,(H,23,24)/b21-17-. The van der Waals surface area contributed by atoms with Crippen LogP contribution in [-0.2, 0) is 6.42 Å². The number of aromatic nitrogens is 1. The second-order valence-corrected chi connectivity index (χ2v) is 6.65. The monoisotopic (exact) mass is 383 g/mol. The molecular formula is C18H18BN3O6. The van der Waals surface area contributed by atoms with Crippen molar-refractivity contribution in [2.45, 2.75) is 18.8 Å². The lowest BCUT2D eigenvalue weighted by molar-refractivity contribution is 0.0588. The van der Waals surface area contributed by atoms with Crippen molar-refractivity contribution in [3.05, 3.63) is 53.3 Å². The highest BCUT2D eigenvalue weighted by atomic mass is 16.5. The summed E-state index contributed by atoms with van der Waals surface area (Å²) >= 11 is 0. The van der Waals surface area contributed by atoms with Gasteiger partial charge in [-0.1, -0.05) is 11.2 Å². The Bertz CT molecular complexity index is 917. The van der Waals surface area contributed by atoms with Gasteiger partial charge in [0.2, 0.25) is 0 Å². The fraction of sp³-hybridized carbons (Fsp3) is 0.278. The van der Waals surface area contributed by atoms with Gasteiger partial charge in [-0.15, -0.1) is 0 Å². The van der Waals surface area contributed by atoms with E-state index in [2.05, 4.69) is 10.1 Å². The first kappa shape index (κ1) is 18.1. The van der Waals surface area contributed by atoms with Crippen molar-refractivity contribution >= 4 is 18.9 Å². The maximum atomic E-state index is 11.8. The number of rotatable bonds is 4. The number of pyridine rings is 1. The van der Waals surface area contributed by atoms with Gasteiger partial charge in [0, 0.05) is 18.0 Å². The van der Waals surface area contributed by atoms with Crippen LogP contribution in [0.25, 0.3) is 0 Å². The number of aromatic carboxylic acids is 1. The first-order valence-electron chi connectivity index (χ1n) is 8.84. The Morgan fingerprint density at radius 1 is 1.36 bits per heavy atom. The Labute approximate surface area is 161 Å². The second-order valence-electron chi connectivity index (χ2n) is 6.65. The molecule has 1 fully saturated rings. The zero-order valence-electron chi connectivity index (χ0n) is 14.9. The highest BCUT2D eigenvalue weighted by Gasteiger charge is 2.35. The average molecular weight is 383 g/mol. The second kappa shape index (κ2) is 7.39. The van der Waals surface area contributed by atoms with Crippen molar-refractivity contribution in [3.63, 3.8) is 0 Å². The molecule has 3 N–H and O–H groups in total. The number of ether oxygens (including phenoxy) is 1. The molecule has 0 aliphatic carbocycles. The number of oxime groups is 1. The summed E-state index contributed by atoms with van der Waals surface area (Å²) in [6.45, 7) is 0.849. The van der Waals surface area contributed by atoms with Gasteiger partial charge in [0.1, 0.15) is 23.2 Å². The van der Waals surface area contributed by atoms with E-state index < -0.39 is 13.1 Å². The van der Waals surface area contributed by atoms with Crippen molar-refractivity contribution in [1.82, 2.24) is 9.88 Å². The van der Waals surface area contributed by atoms with Crippen LogP contribution in [-0.4, -0.2) is 63.3 Å². The fourth-order valence-electron chi connectivity index (χ4n) is 3.38. The molecule has 4 rings (SSSR count). The summed E-state index contributed by atoms with van der Waals surface area (Å²) in [5, 5.41) is 32.0. The average Bonchev–Trinajstić information content (AvgIpc) is 2.66. The number of carboxylic acid groups (broad SMARTS) is 1. The van der Waals surface area contributed by atoms with E-state index in [0.717, 1.165) is 5.56 Å². The van der Waals surface area contributed by atoms with E-state index in [1.54, 1.807) is 41.6 Å². The predicted octanol–water partition coefficient (Wildman–Crippen LogP) is 1.09. The molecule has 9 nitrogen and oxygen atoms in total. The summed E-state index contributed by atoms with van der Waals surface area (Å²) in [5.41, 5.74) is 1.32. The lowest BCUT2D eigenvalue weighted by Gasteiger charge is -2.40. The summed E-state index contributed by atoms with van der Waals surface area (Å²) < 4.78 is 11.2. The molecule has 2 aliphatic rings. The van der Waals surface area contributed by atoms with Gasteiger partial charge in [-0.2, -0.15) is 0 Å². The van der Waals surface area contributed by atoms with Crippen LogP contribution in [0.5, 0.6) is 11.5 Å². The predicted molar refractivity (Wildman–Crippen MR) is 99.1 cm³/mol. The van der Waals surface area contributed by atoms with E-state index in [4.69, 9.17) is 9.39 Å². The van der Waals surface area contributed by atoms with Gasteiger partial charge in [-0.05, 0) is 36.5 Å². The molecule has 2 aliphatic heterocycles. The van der Waals surface area contributed by atoms with Crippen molar-refractivity contribution in [2.24, 2.45) is 5.16 Å². The molecule has 0 unspecified atom stereocenters. The Kier molecular flexibility index (Phi) is 4.78. The van der Waals surface area contributed by atoms with Crippen LogP contribution < -0.4 is 9.39 Å². The van der Waals surface area contributed by atoms with Crippen LogP contribution in [0.1, 0.15) is 21.5 Å². The largest absolute Gasteiger partial charge is 0.535 e. The lowest BCUT2D eigenvalue weighted by atomic mass is 9.78. The van der Waals surface area contributed by atoms with Crippen LogP contribution >= 0.6 is 0 Å².